The molecule has 0 aromatic heterocycles. The number of nitrogens with zero attached hydrogens (tertiary/aromatic N) is 1. The molecule has 4 rings (SSSR count). The Morgan fingerprint density at radius 1 is 1.02 bits per heavy atom. The van der Waals surface area contributed by atoms with Crippen molar-refractivity contribution in [1.29, 1.82) is 0 Å². The van der Waals surface area contributed by atoms with Gasteiger partial charge in [0.15, 0.2) is 11.5 Å². The van der Waals surface area contributed by atoms with E-state index in [1.165, 1.54) is 13.2 Å². The molecule has 0 saturated carbocycles. The molecule has 3 aromatic carbocycles. The normalized spacial score (nSPS) is 13.1. The average molecular weight is 571 g/mol. The standard InChI is InChI=1S/C33H34N2O7/c1-6-41-31(37)24-13-15-26(16-14-24)34-32(38)35(27-9-7-8-22(20-27)10-17-28(36)39-4)21-25-12-11-23-18-19-33(2,3)42-30(23)29(25)40-5/h7-20H,6,21H2,1-5H3,(H,34,38). The summed E-state index contributed by atoms with van der Waals surface area (Å²) in [5.74, 6) is 0.209. The molecule has 9 nitrogen and oxygen atoms in total. The number of rotatable bonds is 9. The third kappa shape index (κ3) is 7.17. The molecule has 0 bridgehead atoms. The van der Waals surface area contributed by atoms with Crippen LogP contribution in [0.15, 0.2) is 72.8 Å². The Hall–Kier alpha value is -5.05. The Labute approximate surface area is 245 Å². The number of nitrogens with one attached hydrogen (secondary N) is 1. The number of fused-ring (bicyclic) bond motifs is 1. The van der Waals surface area contributed by atoms with Crippen LogP contribution < -0.4 is 19.7 Å². The lowest BCUT2D eigenvalue weighted by molar-refractivity contribution is -0.134. The van der Waals surface area contributed by atoms with Crippen molar-refractivity contribution in [2.24, 2.45) is 0 Å². The molecule has 1 aliphatic heterocycles. The van der Waals surface area contributed by atoms with Gasteiger partial charge in [-0.1, -0.05) is 30.3 Å². The molecule has 0 fully saturated rings. The van der Waals surface area contributed by atoms with Crippen LogP contribution in [0, 0.1) is 0 Å². The van der Waals surface area contributed by atoms with E-state index in [1.54, 1.807) is 67.5 Å². The lowest BCUT2D eigenvalue weighted by atomic mass is 10.00. The number of amides is 2. The number of hydrogen-bond donors (Lipinski definition) is 1. The lowest BCUT2D eigenvalue weighted by Gasteiger charge is -2.31. The highest BCUT2D eigenvalue weighted by atomic mass is 16.5. The summed E-state index contributed by atoms with van der Waals surface area (Å²) in [4.78, 5) is 39.1. The molecule has 218 valence electrons. The third-order valence-electron chi connectivity index (χ3n) is 6.47. The summed E-state index contributed by atoms with van der Waals surface area (Å²) in [6.07, 6.45) is 6.90. The smallest absolute Gasteiger partial charge is 0.338 e. The van der Waals surface area contributed by atoms with Crippen LogP contribution >= 0.6 is 0 Å². The average Bonchev–Trinajstić information content (AvgIpc) is 2.98. The second-order valence-corrected chi connectivity index (χ2v) is 9.98. The number of ether oxygens (including phenoxy) is 4. The number of carbonyl (C=O) groups excluding carboxylic acids is 3. The van der Waals surface area contributed by atoms with Crippen LogP contribution in [0.2, 0.25) is 0 Å². The second-order valence-electron chi connectivity index (χ2n) is 9.98. The second kappa shape index (κ2) is 13.1. The number of esters is 2. The van der Waals surface area contributed by atoms with Crippen molar-refractivity contribution in [1.82, 2.24) is 0 Å². The highest BCUT2D eigenvalue weighted by Crippen LogP contribution is 2.42. The number of anilines is 2. The van der Waals surface area contributed by atoms with E-state index in [-0.39, 0.29) is 13.2 Å². The van der Waals surface area contributed by atoms with Gasteiger partial charge in [-0.15, -0.1) is 0 Å². The Bertz CT molecular complexity index is 1520. The number of methoxy groups -OCH3 is 2. The molecule has 0 aliphatic carbocycles. The Morgan fingerprint density at radius 3 is 2.48 bits per heavy atom. The van der Waals surface area contributed by atoms with Crippen LogP contribution in [0.5, 0.6) is 11.5 Å². The lowest BCUT2D eigenvalue weighted by Crippen LogP contribution is -2.35. The van der Waals surface area contributed by atoms with Crippen molar-refractivity contribution in [3.05, 3.63) is 95.1 Å². The third-order valence-corrected chi connectivity index (χ3v) is 6.47. The van der Waals surface area contributed by atoms with Gasteiger partial charge in [-0.3, -0.25) is 4.90 Å². The van der Waals surface area contributed by atoms with Crippen molar-refractivity contribution in [2.45, 2.75) is 32.9 Å². The molecule has 1 heterocycles. The van der Waals surface area contributed by atoms with Gasteiger partial charge in [0.2, 0.25) is 0 Å². The molecule has 3 aromatic rings. The molecule has 0 spiro atoms. The number of urea groups is 1. The maximum Gasteiger partial charge on any atom is 0.338 e. The van der Waals surface area contributed by atoms with Crippen molar-refractivity contribution >= 4 is 41.5 Å². The first-order valence-electron chi connectivity index (χ1n) is 13.4. The van der Waals surface area contributed by atoms with Crippen molar-refractivity contribution < 1.29 is 33.3 Å². The van der Waals surface area contributed by atoms with E-state index in [0.29, 0.717) is 34.0 Å². The van der Waals surface area contributed by atoms with E-state index in [4.69, 9.17) is 18.9 Å². The minimum atomic E-state index is -0.522. The van der Waals surface area contributed by atoms with Gasteiger partial charge in [-0.05, 0) is 74.9 Å². The predicted octanol–water partition coefficient (Wildman–Crippen LogP) is 6.48. The first-order chi connectivity index (χ1) is 20.1. The molecule has 42 heavy (non-hydrogen) atoms. The van der Waals surface area contributed by atoms with Crippen LogP contribution in [0.25, 0.3) is 12.2 Å². The highest BCUT2D eigenvalue weighted by molar-refractivity contribution is 6.02. The molecule has 2 amide bonds. The summed E-state index contributed by atoms with van der Waals surface area (Å²) in [6.45, 7) is 6.06. The molecule has 0 radical (unpaired) electrons. The fraction of sp³-hybridized carbons (Fsp3) is 0.242. The van der Waals surface area contributed by atoms with Gasteiger partial charge in [0, 0.05) is 28.6 Å². The van der Waals surface area contributed by atoms with Crippen LogP contribution in [-0.2, 0) is 20.8 Å². The molecule has 9 heteroatoms. The quantitative estimate of drug-likeness (QED) is 0.232. The fourth-order valence-electron chi connectivity index (χ4n) is 4.37. The van der Waals surface area contributed by atoms with E-state index < -0.39 is 23.6 Å². The first-order valence-corrected chi connectivity index (χ1v) is 13.4. The number of benzene rings is 3. The summed E-state index contributed by atoms with van der Waals surface area (Å²) in [5.41, 5.74) is 3.23. The highest BCUT2D eigenvalue weighted by Gasteiger charge is 2.27. The SMILES string of the molecule is CCOC(=O)c1ccc(NC(=O)N(Cc2ccc3c(c2OC)OC(C)(C)C=C3)c2cccc(C=CC(=O)OC)c2)cc1. The Morgan fingerprint density at radius 2 is 1.79 bits per heavy atom. The number of carbonyl (C=O) groups is 3. The first kappa shape index (κ1) is 29.9. The van der Waals surface area contributed by atoms with Gasteiger partial charge in [0.05, 0.1) is 32.9 Å². The van der Waals surface area contributed by atoms with Gasteiger partial charge in [0.1, 0.15) is 5.60 Å². The number of hydrogen-bond acceptors (Lipinski definition) is 7. The minimum absolute atomic E-state index is 0.140. The molecule has 0 atom stereocenters. The maximum absolute atomic E-state index is 13.8. The van der Waals surface area contributed by atoms with Crippen LogP contribution in [-0.4, -0.2) is 44.4 Å². The van der Waals surface area contributed by atoms with Crippen LogP contribution in [0.3, 0.4) is 0 Å². The summed E-state index contributed by atoms with van der Waals surface area (Å²) >= 11 is 0. The zero-order valence-corrected chi connectivity index (χ0v) is 24.3. The molecular weight excluding hydrogens is 536 g/mol. The molecular formula is C33H34N2O7. The Balaban J connectivity index is 1.69. The predicted molar refractivity (Wildman–Crippen MR) is 162 cm³/mol. The molecule has 1 aliphatic rings. The van der Waals surface area contributed by atoms with Crippen molar-refractivity contribution in [2.75, 3.05) is 31.0 Å². The van der Waals surface area contributed by atoms with Gasteiger partial charge >= 0.3 is 18.0 Å². The molecule has 0 unspecified atom stereocenters. The molecule has 1 N–H and O–H groups in total. The van der Waals surface area contributed by atoms with Gasteiger partial charge < -0.3 is 24.3 Å². The summed E-state index contributed by atoms with van der Waals surface area (Å²) in [6, 6.07) is 17.1. The zero-order valence-electron chi connectivity index (χ0n) is 24.3. The van der Waals surface area contributed by atoms with E-state index in [9.17, 15) is 14.4 Å². The largest absolute Gasteiger partial charge is 0.492 e. The summed E-state index contributed by atoms with van der Waals surface area (Å²) < 4.78 is 21.8. The summed E-state index contributed by atoms with van der Waals surface area (Å²) in [5, 5.41) is 2.91. The van der Waals surface area contributed by atoms with E-state index in [1.807, 2.05) is 44.2 Å². The Kier molecular flexibility index (Phi) is 9.32. The topological polar surface area (TPSA) is 103 Å². The van der Waals surface area contributed by atoms with Gasteiger partial charge in [-0.2, -0.15) is 0 Å². The molecule has 0 saturated heterocycles. The van der Waals surface area contributed by atoms with Crippen LogP contribution in [0.4, 0.5) is 16.2 Å². The maximum atomic E-state index is 13.8. The van der Waals surface area contributed by atoms with Crippen LogP contribution in [0.1, 0.15) is 47.8 Å². The van der Waals surface area contributed by atoms with Gasteiger partial charge in [0.25, 0.3) is 0 Å². The van der Waals surface area contributed by atoms with E-state index in [2.05, 4.69) is 5.32 Å². The fourth-order valence-corrected chi connectivity index (χ4v) is 4.37. The van der Waals surface area contributed by atoms with Crippen molar-refractivity contribution in [3.63, 3.8) is 0 Å². The monoisotopic (exact) mass is 570 g/mol. The van der Waals surface area contributed by atoms with E-state index >= 15 is 0 Å². The zero-order chi connectivity index (χ0) is 30.3. The van der Waals surface area contributed by atoms with Crippen molar-refractivity contribution in [3.8, 4) is 11.5 Å². The van der Waals surface area contributed by atoms with Gasteiger partial charge in [-0.25, -0.2) is 14.4 Å². The van der Waals surface area contributed by atoms with E-state index in [0.717, 1.165) is 11.1 Å². The minimum Gasteiger partial charge on any atom is -0.492 e. The summed E-state index contributed by atoms with van der Waals surface area (Å²) in [7, 11) is 2.88.